The maximum atomic E-state index is 5.69. The molecule has 0 aliphatic rings. The molecule has 2 rings (SSSR count). The Balaban J connectivity index is 1.93. The van der Waals surface area contributed by atoms with E-state index in [9.17, 15) is 0 Å². The average molecular weight is 260 g/mol. The van der Waals surface area contributed by atoms with Crippen LogP contribution in [-0.4, -0.2) is 17.8 Å². The molecule has 0 saturated carbocycles. The summed E-state index contributed by atoms with van der Waals surface area (Å²) in [5.41, 5.74) is 8.11. The second-order valence-corrected chi connectivity index (χ2v) is 5.40. The van der Waals surface area contributed by atoms with Crippen molar-refractivity contribution in [3.8, 4) is 0 Å². The first-order chi connectivity index (χ1) is 9.20. The first-order valence-electron chi connectivity index (χ1n) is 7.06. The summed E-state index contributed by atoms with van der Waals surface area (Å²) in [7, 11) is 0. The van der Waals surface area contributed by atoms with Crippen LogP contribution in [0.3, 0.4) is 0 Å². The third-order valence-corrected chi connectivity index (χ3v) is 3.39. The van der Waals surface area contributed by atoms with Crippen LogP contribution >= 0.6 is 0 Å². The molecule has 0 amide bonds. The molecule has 0 fully saturated rings. The van der Waals surface area contributed by atoms with Crippen molar-refractivity contribution in [1.82, 2.24) is 4.57 Å². The summed E-state index contributed by atoms with van der Waals surface area (Å²) in [6.45, 7) is 7.55. The Bertz CT molecular complexity index is 516. The predicted molar refractivity (Wildman–Crippen MR) is 80.1 cm³/mol. The van der Waals surface area contributed by atoms with E-state index in [4.69, 9.17) is 10.5 Å². The zero-order chi connectivity index (χ0) is 13.7. The van der Waals surface area contributed by atoms with E-state index in [2.05, 4.69) is 48.9 Å². The lowest BCUT2D eigenvalue weighted by molar-refractivity contribution is 0.117. The molecule has 1 heterocycles. The highest BCUT2D eigenvalue weighted by atomic mass is 16.5. The Labute approximate surface area is 115 Å². The Hall–Kier alpha value is -1.32. The van der Waals surface area contributed by atoms with Crippen LogP contribution < -0.4 is 5.73 Å². The molecule has 2 N–H and O–H groups in total. The first-order valence-corrected chi connectivity index (χ1v) is 7.06. The van der Waals surface area contributed by atoms with Crippen molar-refractivity contribution in [1.29, 1.82) is 0 Å². The van der Waals surface area contributed by atoms with Gasteiger partial charge in [-0.2, -0.15) is 0 Å². The number of benzene rings is 1. The quantitative estimate of drug-likeness (QED) is 0.777. The van der Waals surface area contributed by atoms with E-state index in [1.54, 1.807) is 0 Å². The van der Waals surface area contributed by atoms with Gasteiger partial charge in [0.05, 0.1) is 6.61 Å². The summed E-state index contributed by atoms with van der Waals surface area (Å²) >= 11 is 0. The van der Waals surface area contributed by atoms with Gasteiger partial charge in [-0.25, -0.2) is 0 Å². The van der Waals surface area contributed by atoms with Gasteiger partial charge in [0.25, 0.3) is 0 Å². The number of nitrogens with two attached hydrogens (primary N) is 1. The summed E-state index contributed by atoms with van der Waals surface area (Å²) < 4.78 is 7.92. The van der Waals surface area contributed by atoms with Crippen molar-refractivity contribution in [2.45, 2.75) is 33.4 Å². The number of hydrogen-bond acceptors (Lipinski definition) is 2. The molecular weight excluding hydrogens is 236 g/mol. The summed E-state index contributed by atoms with van der Waals surface area (Å²) in [6.07, 6.45) is 3.25. The minimum absolute atomic E-state index is 0.589. The number of rotatable bonds is 7. The SMILES string of the molecule is CC(C)CCOCCn1ccc2ccc(CN)cc21. The lowest BCUT2D eigenvalue weighted by atomic mass is 10.1. The molecule has 0 radical (unpaired) electrons. The molecular formula is C16H24N2O. The molecule has 104 valence electrons. The summed E-state index contributed by atoms with van der Waals surface area (Å²) in [5.74, 6) is 0.708. The fourth-order valence-electron chi connectivity index (χ4n) is 2.14. The van der Waals surface area contributed by atoms with Crippen LogP contribution in [0.5, 0.6) is 0 Å². The third-order valence-electron chi connectivity index (χ3n) is 3.39. The second-order valence-electron chi connectivity index (χ2n) is 5.40. The molecule has 0 aliphatic carbocycles. The zero-order valence-electron chi connectivity index (χ0n) is 11.9. The van der Waals surface area contributed by atoms with Gasteiger partial charge in [0.2, 0.25) is 0 Å². The van der Waals surface area contributed by atoms with E-state index < -0.39 is 0 Å². The third kappa shape index (κ3) is 3.82. The zero-order valence-corrected chi connectivity index (χ0v) is 11.9. The molecule has 3 heteroatoms. The maximum Gasteiger partial charge on any atom is 0.0645 e. The van der Waals surface area contributed by atoms with Crippen LogP contribution in [0.4, 0.5) is 0 Å². The van der Waals surface area contributed by atoms with Gasteiger partial charge in [-0.05, 0) is 35.4 Å². The fraction of sp³-hybridized carbons (Fsp3) is 0.500. The summed E-state index contributed by atoms with van der Waals surface area (Å²) in [6, 6.07) is 8.53. The minimum Gasteiger partial charge on any atom is -0.380 e. The fourth-order valence-corrected chi connectivity index (χ4v) is 2.14. The molecule has 0 aliphatic heterocycles. The lowest BCUT2D eigenvalue weighted by Gasteiger charge is -2.09. The summed E-state index contributed by atoms with van der Waals surface area (Å²) in [5, 5.41) is 1.26. The van der Waals surface area contributed by atoms with Gasteiger partial charge in [0, 0.05) is 31.4 Å². The molecule has 0 saturated heterocycles. The van der Waals surface area contributed by atoms with Gasteiger partial charge in [0.15, 0.2) is 0 Å². The van der Waals surface area contributed by atoms with E-state index in [-0.39, 0.29) is 0 Å². The van der Waals surface area contributed by atoms with Gasteiger partial charge >= 0.3 is 0 Å². The lowest BCUT2D eigenvalue weighted by Crippen LogP contribution is -2.07. The minimum atomic E-state index is 0.589. The highest BCUT2D eigenvalue weighted by molar-refractivity contribution is 5.80. The van der Waals surface area contributed by atoms with E-state index in [0.717, 1.165) is 26.2 Å². The van der Waals surface area contributed by atoms with Crippen molar-refractivity contribution in [3.05, 3.63) is 36.0 Å². The normalized spacial score (nSPS) is 11.6. The number of aromatic nitrogens is 1. The van der Waals surface area contributed by atoms with Gasteiger partial charge in [-0.15, -0.1) is 0 Å². The predicted octanol–water partition coefficient (Wildman–Crippen LogP) is 3.16. The average Bonchev–Trinajstić information content (AvgIpc) is 2.80. The van der Waals surface area contributed by atoms with Crippen LogP contribution in [0.15, 0.2) is 30.5 Å². The molecule has 3 nitrogen and oxygen atoms in total. The molecule has 0 spiro atoms. The Kier molecular flexibility index (Phi) is 5.00. The molecule has 0 atom stereocenters. The number of nitrogens with zero attached hydrogens (tertiary/aromatic N) is 1. The Morgan fingerprint density at radius 1 is 1.21 bits per heavy atom. The topological polar surface area (TPSA) is 40.2 Å². The molecule has 2 aromatic rings. The Morgan fingerprint density at radius 2 is 2.05 bits per heavy atom. The van der Waals surface area contributed by atoms with Crippen molar-refractivity contribution in [2.24, 2.45) is 11.7 Å². The van der Waals surface area contributed by atoms with Crippen LogP contribution in [-0.2, 0) is 17.8 Å². The van der Waals surface area contributed by atoms with Crippen molar-refractivity contribution in [3.63, 3.8) is 0 Å². The standard InChI is InChI=1S/C16H24N2O/c1-13(2)6-9-19-10-8-18-7-5-15-4-3-14(12-17)11-16(15)18/h3-5,7,11,13H,6,8-10,12,17H2,1-2H3. The highest BCUT2D eigenvalue weighted by Crippen LogP contribution is 2.17. The van der Waals surface area contributed by atoms with Crippen LogP contribution in [0.1, 0.15) is 25.8 Å². The van der Waals surface area contributed by atoms with E-state index >= 15 is 0 Å². The van der Waals surface area contributed by atoms with E-state index in [0.29, 0.717) is 12.5 Å². The van der Waals surface area contributed by atoms with E-state index in [1.165, 1.54) is 16.5 Å². The van der Waals surface area contributed by atoms with Crippen molar-refractivity contribution in [2.75, 3.05) is 13.2 Å². The number of ether oxygens (including phenoxy) is 1. The van der Waals surface area contributed by atoms with Gasteiger partial charge in [-0.1, -0.05) is 26.0 Å². The van der Waals surface area contributed by atoms with Crippen molar-refractivity contribution >= 4 is 10.9 Å². The van der Waals surface area contributed by atoms with Crippen molar-refractivity contribution < 1.29 is 4.74 Å². The van der Waals surface area contributed by atoms with Crippen LogP contribution in [0.25, 0.3) is 10.9 Å². The largest absolute Gasteiger partial charge is 0.380 e. The van der Waals surface area contributed by atoms with Gasteiger partial charge in [-0.3, -0.25) is 0 Å². The van der Waals surface area contributed by atoms with E-state index in [1.807, 2.05) is 0 Å². The molecule has 19 heavy (non-hydrogen) atoms. The molecule has 0 unspecified atom stereocenters. The summed E-state index contributed by atoms with van der Waals surface area (Å²) in [4.78, 5) is 0. The Morgan fingerprint density at radius 3 is 2.79 bits per heavy atom. The first kappa shape index (κ1) is 14.1. The van der Waals surface area contributed by atoms with Crippen LogP contribution in [0, 0.1) is 5.92 Å². The molecule has 0 bridgehead atoms. The van der Waals surface area contributed by atoms with Crippen LogP contribution in [0.2, 0.25) is 0 Å². The number of hydrogen-bond donors (Lipinski definition) is 1. The second kappa shape index (κ2) is 6.73. The maximum absolute atomic E-state index is 5.69. The highest BCUT2D eigenvalue weighted by Gasteiger charge is 2.02. The molecule has 1 aromatic carbocycles. The molecule has 1 aromatic heterocycles. The smallest absolute Gasteiger partial charge is 0.0645 e. The van der Waals surface area contributed by atoms with Gasteiger partial charge < -0.3 is 15.0 Å². The monoisotopic (exact) mass is 260 g/mol. The number of fused-ring (bicyclic) bond motifs is 1. The van der Waals surface area contributed by atoms with Gasteiger partial charge in [0.1, 0.15) is 0 Å².